The molecule has 1 aliphatic rings. The number of ether oxygens (including phenoxy) is 1. The maximum absolute atomic E-state index is 12.7. The summed E-state index contributed by atoms with van der Waals surface area (Å²) in [5.74, 6) is 0.145. The quantitative estimate of drug-likeness (QED) is 0.372. The molecule has 0 unspecified atom stereocenters. The number of piperidine rings is 1. The predicted molar refractivity (Wildman–Crippen MR) is 111 cm³/mol. The maximum Gasteiger partial charge on any atom is 0.272 e. The minimum absolute atomic E-state index is 0.0365. The summed E-state index contributed by atoms with van der Waals surface area (Å²) in [5.41, 5.74) is 5.94. The molecule has 10 heteroatoms. The van der Waals surface area contributed by atoms with Crippen LogP contribution in [0.4, 0.5) is 11.4 Å². The highest BCUT2D eigenvalue weighted by molar-refractivity contribution is 7.80. The fraction of sp³-hybridized carbons (Fsp3) is 0.556. The third-order valence-corrected chi connectivity index (χ3v) is 4.86. The molecule has 0 spiro atoms. The second-order valence-corrected chi connectivity index (χ2v) is 7.45. The number of thiocarbonyl (C=S) groups is 1. The van der Waals surface area contributed by atoms with Gasteiger partial charge in [-0.15, -0.1) is 0 Å². The largest absolute Gasteiger partial charge is 0.383 e. The number of amides is 1. The number of rotatable bonds is 6. The number of carbonyl (C=O) groups is 1. The van der Waals surface area contributed by atoms with Crippen LogP contribution in [0.5, 0.6) is 0 Å². The number of nitro groups is 1. The molecule has 154 valence electrons. The molecule has 1 fully saturated rings. The van der Waals surface area contributed by atoms with Gasteiger partial charge in [0.25, 0.3) is 11.6 Å². The first-order valence-electron chi connectivity index (χ1n) is 9.21. The zero-order chi connectivity index (χ0) is 20.7. The molecule has 9 nitrogen and oxygen atoms in total. The Morgan fingerprint density at radius 3 is 2.68 bits per heavy atom. The van der Waals surface area contributed by atoms with Gasteiger partial charge in [0, 0.05) is 38.4 Å². The Morgan fingerprint density at radius 2 is 2.07 bits per heavy atom. The Morgan fingerprint density at radius 1 is 1.39 bits per heavy atom. The topological polar surface area (TPSA) is 109 Å². The molecular formula is C18H27N5O4S. The van der Waals surface area contributed by atoms with Gasteiger partial charge in [-0.2, -0.15) is 0 Å². The Kier molecular flexibility index (Phi) is 7.94. The number of non-ortho nitro benzene ring substituents is 1. The van der Waals surface area contributed by atoms with Crippen molar-refractivity contribution in [1.82, 2.24) is 16.2 Å². The SMILES string of the molecule is COC[C@H](C)NC(=S)NNC(=O)c1cc([N+](=O)[O-])ccc1N1CCC(C)CC1. The van der Waals surface area contributed by atoms with Gasteiger partial charge in [0.15, 0.2) is 5.11 Å². The fourth-order valence-electron chi connectivity index (χ4n) is 3.08. The van der Waals surface area contributed by atoms with Gasteiger partial charge in [0.2, 0.25) is 0 Å². The summed E-state index contributed by atoms with van der Waals surface area (Å²) in [5, 5.41) is 14.4. The van der Waals surface area contributed by atoms with E-state index in [0.29, 0.717) is 18.2 Å². The van der Waals surface area contributed by atoms with Crippen molar-refractivity contribution >= 4 is 34.6 Å². The lowest BCUT2D eigenvalue weighted by Crippen LogP contribution is -2.50. The number of methoxy groups -OCH3 is 1. The minimum Gasteiger partial charge on any atom is -0.383 e. The van der Waals surface area contributed by atoms with Gasteiger partial charge in [-0.05, 0) is 44.0 Å². The van der Waals surface area contributed by atoms with Gasteiger partial charge in [0.1, 0.15) is 0 Å². The molecule has 0 aromatic heterocycles. The van der Waals surface area contributed by atoms with Crippen molar-refractivity contribution in [2.45, 2.75) is 32.7 Å². The lowest BCUT2D eigenvalue weighted by Gasteiger charge is -2.33. The molecule has 0 radical (unpaired) electrons. The molecule has 1 aliphatic heterocycles. The van der Waals surface area contributed by atoms with Crippen LogP contribution in [-0.2, 0) is 4.74 Å². The van der Waals surface area contributed by atoms with Crippen LogP contribution >= 0.6 is 12.2 Å². The van der Waals surface area contributed by atoms with Crippen LogP contribution in [0, 0.1) is 16.0 Å². The molecule has 1 aromatic rings. The fourth-order valence-corrected chi connectivity index (χ4v) is 3.33. The van der Waals surface area contributed by atoms with E-state index in [4.69, 9.17) is 17.0 Å². The van der Waals surface area contributed by atoms with Gasteiger partial charge >= 0.3 is 0 Å². The molecular weight excluding hydrogens is 382 g/mol. The summed E-state index contributed by atoms with van der Waals surface area (Å²) in [6, 6.07) is 4.33. The summed E-state index contributed by atoms with van der Waals surface area (Å²) >= 11 is 5.14. The highest BCUT2D eigenvalue weighted by Gasteiger charge is 2.23. The first-order valence-corrected chi connectivity index (χ1v) is 9.61. The van der Waals surface area contributed by atoms with Crippen LogP contribution in [-0.4, -0.2) is 48.8 Å². The monoisotopic (exact) mass is 409 g/mol. The standard InChI is InChI=1S/C18H27N5O4S/c1-12-6-8-22(9-7-12)16-5-4-14(23(25)26)10-15(16)17(24)20-21-18(28)19-13(2)11-27-3/h4-5,10,12-13H,6-9,11H2,1-3H3,(H,20,24)(H2,19,21,28)/t13-/m0/s1. The van der Waals surface area contributed by atoms with Gasteiger partial charge in [-0.1, -0.05) is 6.92 Å². The van der Waals surface area contributed by atoms with Crippen molar-refractivity contribution in [3.8, 4) is 0 Å². The normalized spacial score (nSPS) is 15.6. The van der Waals surface area contributed by atoms with E-state index in [-0.39, 0.29) is 22.4 Å². The summed E-state index contributed by atoms with van der Waals surface area (Å²) < 4.78 is 5.02. The van der Waals surface area contributed by atoms with E-state index in [0.717, 1.165) is 25.9 Å². The zero-order valence-corrected chi connectivity index (χ0v) is 17.2. The van der Waals surface area contributed by atoms with Crippen LogP contribution in [0.1, 0.15) is 37.0 Å². The molecule has 1 atom stereocenters. The number of hydrogen-bond acceptors (Lipinski definition) is 6. The second kappa shape index (κ2) is 10.2. The van der Waals surface area contributed by atoms with E-state index < -0.39 is 10.8 Å². The molecule has 0 aliphatic carbocycles. The van der Waals surface area contributed by atoms with E-state index in [1.165, 1.54) is 12.1 Å². The smallest absolute Gasteiger partial charge is 0.272 e. The molecule has 0 bridgehead atoms. The molecule has 1 amide bonds. The van der Waals surface area contributed by atoms with E-state index in [9.17, 15) is 14.9 Å². The van der Waals surface area contributed by atoms with Crippen LogP contribution in [0.25, 0.3) is 0 Å². The molecule has 1 saturated heterocycles. The molecule has 2 rings (SSSR count). The summed E-state index contributed by atoms with van der Waals surface area (Å²) in [6.45, 7) is 6.15. The van der Waals surface area contributed by atoms with E-state index >= 15 is 0 Å². The van der Waals surface area contributed by atoms with Crippen molar-refractivity contribution in [2.75, 3.05) is 31.7 Å². The van der Waals surface area contributed by atoms with E-state index in [1.807, 2.05) is 6.92 Å². The maximum atomic E-state index is 12.7. The average Bonchev–Trinajstić information content (AvgIpc) is 2.66. The number of hydrogen-bond donors (Lipinski definition) is 3. The van der Waals surface area contributed by atoms with Crippen LogP contribution in [0.3, 0.4) is 0 Å². The van der Waals surface area contributed by atoms with Crippen LogP contribution in [0.2, 0.25) is 0 Å². The van der Waals surface area contributed by atoms with Crippen molar-refractivity contribution in [2.24, 2.45) is 5.92 Å². The Bertz CT molecular complexity index is 722. The minimum atomic E-state index is -0.509. The summed E-state index contributed by atoms with van der Waals surface area (Å²) in [4.78, 5) is 25.5. The number of nitrogens with zero attached hydrogens (tertiary/aromatic N) is 2. The van der Waals surface area contributed by atoms with Crippen molar-refractivity contribution in [3.05, 3.63) is 33.9 Å². The zero-order valence-electron chi connectivity index (χ0n) is 16.4. The molecule has 28 heavy (non-hydrogen) atoms. The summed E-state index contributed by atoms with van der Waals surface area (Å²) in [7, 11) is 1.58. The number of nitro benzene ring substituents is 1. The van der Waals surface area contributed by atoms with Gasteiger partial charge in [-0.25, -0.2) is 0 Å². The summed E-state index contributed by atoms with van der Waals surface area (Å²) in [6.07, 6.45) is 2.03. The Hall–Kier alpha value is -2.46. The Labute approximate surface area is 169 Å². The first-order chi connectivity index (χ1) is 13.3. The first kappa shape index (κ1) is 21.8. The molecule has 1 heterocycles. The van der Waals surface area contributed by atoms with Gasteiger partial charge < -0.3 is 15.0 Å². The lowest BCUT2D eigenvalue weighted by molar-refractivity contribution is -0.384. The van der Waals surface area contributed by atoms with E-state index in [2.05, 4.69) is 28.0 Å². The number of hydrazine groups is 1. The van der Waals surface area contributed by atoms with Crippen LogP contribution in [0.15, 0.2) is 18.2 Å². The molecule has 1 aromatic carbocycles. The number of benzene rings is 1. The van der Waals surface area contributed by atoms with Crippen molar-refractivity contribution in [3.63, 3.8) is 0 Å². The Balaban J connectivity index is 2.12. The molecule has 0 saturated carbocycles. The van der Waals surface area contributed by atoms with Gasteiger partial charge in [-0.3, -0.25) is 25.8 Å². The third kappa shape index (κ3) is 6.03. The van der Waals surface area contributed by atoms with Crippen molar-refractivity contribution < 1.29 is 14.5 Å². The number of carbonyl (C=O) groups excluding carboxylic acids is 1. The molecule has 3 N–H and O–H groups in total. The van der Waals surface area contributed by atoms with Crippen molar-refractivity contribution in [1.29, 1.82) is 0 Å². The second-order valence-electron chi connectivity index (χ2n) is 7.04. The van der Waals surface area contributed by atoms with Crippen LogP contribution < -0.4 is 21.1 Å². The average molecular weight is 410 g/mol. The number of nitrogens with one attached hydrogen (secondary N) is 3. The lowest BCUT2D eigenvalue weighted by atomic mass is 9.98. The predicted octanol–water partition coefficient (Wildman–Crippen LogP) is 1.97. The highest BCUT2D eigenvalue weighted by Crippen LogP contribution is 2.29. The van der Waals surface area contributed by atoms with Gasteiger partial charge in [0.05, 0.1) is 22.8 Å². The van der Waals surface area contributed by atoms with E-state index in [1.54, 1.807) is 13.2 Å². The number of anilines is 1. The third-order valence-electron chi connectivity index (χ3n) is 4.64. The highest BCUT2D eigenvalue weighted by atomic mass is 32.1.